The first-order valence-electron chi connectivity index (χ1n) is 7.37. The Kier molecular flexibility index (Phi) is 6.64. The van der Waals surface area contributed by atoms with Gasteiger partial charge in [-0.3, -0.25) is 9.59 Å². The Balaban J connectivity index is 1.53. The number of thiophene rings is 1. The van der Waals surface area contributed by atoms with Crippen molar-refractivity contribution in [2.75, 3.05) is 13.1 Å². The maximum absolute atomic E-state index is 11.7. The number of amides is 2. The molecule has 0 aliphatic carbocycles. The lowest BCUT2D eigenvalue weighted by atomic mass is 10.1. The number of hydrogen-bond donors (Lipinski definition) is 2. The van der Waals surface area contributed by atoms with Crippen LogP contribution in [0.1, 0.15) is 28.8 Å². The molecule has 0 saturated heterocycles. The van der Waals surface area contributed by atoms with Crippen molar-refractivity contribution in [3.63, 3.8) is 0 Å². The first-order valence-corrected chi connectivity index (χ1v) is 8.31. The van der Waals surface area contributed by atoms with E-state index >= 15 is 0 Å². The standard InChI is InChI=1S/C17H20N2O2S/c20-16(18-11-8-14-5-2-1-3-6-14)7-4-10-19-17(21)15-9-12-22-13-15/h1-3,5-6,9,12-13H,4,7-8,10-11H2,(H,18,20)(H,19,21). The van der Waals surface area contributed by atoms with Crippen molar-refractivity contribution in [2.45, 2.75) is 19.3 Å². The SMILES string of the molecule is O=C(CCCNC(=O)c1ccsc1)NCCc1ccccc1. The summed E-state index contributed by atoms with van der Waals surface area (Å²) in [4.78, 5) is 23.4. The van der Waals surface area contributed by atoms with Gasteiger partial charge in [-0.15, -0.1) is 0 Å². The summed E-state index contributed by atoms with van der Waals surface area (Å²) in [5, 5.41) is 9.39. The lowest BCUT2D eigenvalue weighted by molar-refractivity contribution is -0.121. The van der Waals surface area contributed by atoms with Crippen LogP contribution in [0.5, 0.6) is 0 Å². The Hall–Kier alpha value is -2.14. The lowest BCUT2D eigenvalue weighted by Crippen LogP contribution is -2.28. The predicted octanol–water partition coefficient (Wildman–Crippen LogP) is 2.62. The fourth-order valence-electron chi connectivity index (χ4n) is 2.03. The number of rotatable bonds is 8. The fraction of sp³-hybridized carbons (Fsp3) is 0.294. The molecule has 0 saturated carbocycles. The molecule has 116 valence electrons. The van der Waals surface area contributed by atoms with Crippen molar-refractivity contribution < 1.29 is 9.59 Å². The molecule has 0 unspecified atom stereocenters. The highest BCUT2D eigenvalue weighted by Gasteiger charge is 2.05. The first-order chi connectivity index (χ1) is 10.8. The molecule has 0 aliphatic rings. The molecule has 0 aliphatic heterocycles. The van der Waals surface area contributed by atoms with Gasteiger partial charge in [0.25, 0.3) is 5.91 Å². The summed E-state index contributed by atoms with van der Waals surface area (Å²) in [7, 11) is 0. The summed E-state index contributed by atoms with van der Waals surface area (Å²) in [5.74, 6) is -0.0496. The second-order valence-electron chi connectivity index (χ2n) is 4.96. The summed E-state index contributed by atoms with van der Waals surface area (Å²) < 4.78 is 0. The van der Waals surface area contributed by atoms with Crippen LogP contribution < -0.4 is 10.6 Å². The maximum Gasteiger partial charge on any atom is 0.252 e. The van der Waals surface area contributed by atoms with Crippen LogP contribution in [0.4, 0.5) is 0 Å². The molecule has 2 rings (SSSR count). The molecule has 2 amide bonds. The highest BCUT2D eigenvalue weighted by molar-refractivity contribution is 7.08. The normalized spacial score (nSPS) is 10.2. The molecule has 1 aromatic carbocycles. The van der Waals surface area contributed by atoms with E-state index in [9.17, 15) is 9.59 Å². The molecule has 1 aromatic heterocycles. The second-order valence-corrected chi connectivity index (χ2v) is 5.74. The van der Waals surface area contributed by atoms with Crippen LogP contribution in [0.15, 0.2) is 47.2 Å². The van der Waals surface area contributed by atoms with Crippen LogP contribution in [-0.2, 0) is 11.2 Å². The third kappa shape index (κ3) is 5.69. The van der Waals surface area contributed by atoms with E-state index in [1.165, 1.54) is 16.9 Å². The molecular formula is C17H20N2O2S. The lowest BCUT2D eigenvalue weighted by Gasteiger charge is -2.06. The molecule has 2 N–H and O–H groups in total. The minimum absolute atomic E-state index is 0.0284. The molecule has 5 heteroatoms. The van der Waals surface area contributed by atoms with Gasteiger partial charge in [0.15, 0.2) is 0 Å². The summed E-state index contributed by atoms with van der Waals surface area (Å²) in [5.41, 5.74) is 1.89. The highest BCUT2D eigenvalue weighted by atomic mass is 32.1. The monoisotopic (exact) mass is 316 g/mol. The Labute approximate surface area is 134 Å². The van der Waals surface area contributed by atoms with Crippen LogP contribution in [0.3, 0.4) is 0 Å². The third-order valence-electron chi connectivity index (χ3n) is 3.23. The van der Waals surface area contributed by atoms with Crippen molar-refractivity contribution in [3.05, 3.63) is 58.3 Å². The van der Waals surface area contributed by atoms with E-state index < -0.39 is 0 Å². The molecule has 0 radical (unpaired) electrons. The summed E-state index contributed by atoms with van der Waals surface area (Å²) in [6.07, 6.45) is 1.91. The molecule has 2 aromatic rings. The van der Waals surface area contributed by atoms with Gasteiger partial charge in [-0.05, 0) is 29.9 Å². The van der Waals surface area contributed by atoms with E-state index in [1.54, 1.807) is 6.07 Å². The van der Waals surface area contributed by atoms with Crippen molar-refractivity contribution in [1.82, 2.24) is 10.6 Å². The zero-order chi connectivity index (χ0) is 15.6. The highest BCUT2D eigenvalue weighted by Crippen LogP contribution is 2.05. The molecule has 0 bridgehead atoms. The van der Waals surface area contributed by atoms with Gasteiger partial charge in [-0.1, -0.05) is 30.3 Å². The summed E-state index contributed by atoms with van der Waals surface area (Å²) in [6, 6.07) is 11.8. The van der Waals surface area contributed by atoms with E-state index in [2.05, 4.69) is 10.6 Å². The van der Waals surface area contributed by atoms with Crippen molar-refractivity contribution >= 4 is 23.2 Å². The number of carbonyl (C=O) groups excluding carboxylic acids is 2. The minimum atomic E-state index is -0.0780. The first kappa shape index (κ1) is 16.2. The van der Waals surface area contributed by atoms with Crippen molar-refractivity contribution in [3.8, 4) is 0 Å². The zero-order valence-electron chi connectivity index (χ0n) is 12.4. The molecule has 4 nitrogen and oxygen atoms in total. The van der Waals surface area contributed by atoms with Crippen LogP contribution in [-0.4, -0.2) is 24.9 Å². The maximum atomic E-state index is 11.7. The van der Waals surface area contributed by atoms with Gasteiger partial charge >= 0.3 is 0 Å². The van der Waals surface area contributed by atoms with Gasteiger partial charge in [0.05, 0.1) is 0 Å². The topological polar surface area (TPSA) is 58.2 Å². The average Bonchev–Trinajstić information content (AvgIpc) is 3.07. The van der Waals surface area contributed by atoms with E-state index in [0.717, 1.165) is 6.42 Å². The summed E-state index contributed by atoms with van der Waals surface area (Å²) >= 11 is 1.49. The van der Waals surface area contributed by atoms with Gasteiger partial charge in [-0.2, -0.15) is 11.3 Å². The minimum Gasteiger partial charge on any atom is -0.356 e. The molecule has 0 spiro atoms. The van der Waals surface area contributed by atoms with Crippen LogP contribution in [0.2, 0.25) is 0 Å². The number of carbonyl (C=O) groups is 2. The second kappa shape index (κ2) is 9.00. The van der Waals surface area contributed by atoms with E-state index in [0.29, 0.717) is 31.5 Å². The Bertz CT molecular complexity index is 582. The van der Waals surface area contributed by atoms with Gasteiger partial charge in [0.1, 0.15) is 0 Å². The van der Waals surface area contributed by atoms with Gasteiger partial charge in [-0.25, -0.2) is 0 Å². The van der Waals surface area contributed by atoms with E-state index in [4.69, 9.17) is 0 Å². The zero-order valence-corrected chi connectivity index (χ0v) is 13.2. The van der Waals surface area contributed by atoms with Crippen LogP contribution in [0, 0.1) is 0 Å². The largest absolute Gasteiger partial charge is 0.356 e. The smallest absolute Gasteiger partial charge is 0.252 e. The van der Waals surface area contributed by atoms with E-state index in [-0.39, 0.29) is 11.8 Å². The van der Waals surface area contributed by atoms with Crippen LogP contribution in [0.25, 0.3) is 0 Å². The Morgan fingerprint density at radius 1 is 1.00 bits per heavy atom. The van der Waals surface area contributed by atoms with Gasteiger partial charge in [0.2, 0.25) is 5.91 Å². The van der Waals surface area contributed by atoms with Gasteiger partial charge < -0.3 is 10.6 Å². The molecule has 22 heavy (non-hydrogen) atoms. The van der Waals surface area contributed by atoms with Crippen LogP contribution >= 0.6 is 11.3 Å². The van der Waals surface area contributed by atoms with Gasteiger partial charge in [0, 0.05) is 30.5 Å². The Morgan fingerprint density at radius 2 is 1.82 bits per heavy atom. The molecule has 0 atom stereocenters. The number of hydrogen-bond acceptors (Lipinski definition) is 3. The van der Waals surface area contributed by atoms with E-state index in [1.807, 2.05) is 41.1 Å². The number of nitrogens with one attached hydrogen (secondary N) is 2. The molecule has 0 fully saturated rings. The third-order valence-corrected chi connectivity index (χ3v) is 3.91. The number of benzene rings is 1. The quantitative estimate of drug-likeness (QED) is 0.736. The van der Waals surface area contributed by atoms with Crippen molar-refractivity contribution in [1.29, 1.82) is 0 Å². The Morgan fingerprint density at radius 3 is 2.55 bits per heavy atom. The van der Waals surface area contributed by atoms with Crippen molar-refractivity contribution in [2.24, 2.45) is 0 Å². The average molecular weight is 316 g/mol. The molecular weight excluding hydrogens is 296 g/mol. The fourth-order valence-corrected chi connectivity index (χ4v) is 2.66. The summed E-state index contributed by atoms with van der Waals surface area (Å²) in [6.45, 7) is 1.16. The molecule has 1 heterocycles. The predicted molar refractivity (Wildman–Crippen MR) is 89.0 cm³/mol.